The van der Waals surface area contributed by atoms with Gasteiger partial charge in [0.2, 0.25) is 0 Å². The van der Waals surface area contributed by atoms with Gasteiger partial charge in [0.1, 0.15) is 0 Å². The Morgan fingerprint density at radius 1 is 0.727 bits per heavy atom. The zero-order chi connectivity index (χ0) is 29.7. The summed E-state index contributed by atoms with van der Waals surface area (Å²) in [5, 5.41) is 3.52. The Labute approximate surface area is 261 Å². The number of nitrogens with zero attached hydrogens (tertiary/aromatic N) is 1. The number of fused-ring (bicyclic) bond motifs is 3. The van der Waals surface area contributed by atoms with Gasteiger partial charge in [-0.25, -0.2) is 0 Å². The van der Waals surface area contributed by atoms with Crippen molar-refractivity contribution in [3.63, 3.8) is 0 Å². The smallest absolute Gasteiger partial charge is 0.0629 e. The normalized spacial score (nSPS) is 20.1. The van der Waals surface area contributed by atoms with Crippen molar-refractivity contribution < 1.29 is 0 Å². The van der Waals surface area contributed by atoms with E-state index in [2.05, 4.69) is 181 Å². The van der Waals surface area contributed by atoms with E-state index in [4.69, 9.17) is 0 Å². The van der Waals surface area contributed by atoms with E-state index < -0.39 is 0 Å². The zero-order valence-electron chi connectivity index (χ0n) is 24.8. The van der Waals surface area contributed by atoms with Crippen molar-refractivity contribution in [2.24, 2.45) is 5.92 Å². The molecule has 2 nitrogen and oxygen atoms in total. The number of para-hydroxylation sites is 1. The third kappa shape index (κ3) is 5.67. The summed E-state index contributed by atoms with van der Waals surface area (Å²) in [6.45, 7) is 4.41. The minimum atomic E-state index is 0.240. The van der Waals surface area contributed by atoms with Gasteiger partial charge in [0.05, 0.1) is 6.04 Å². The van der Waals surface area contributed by atoms with E-state index >= 15 is 0 Å². The lowest BCUT2D eigenvalue weighted by molar-refractivity contribution is 0.745. The highest BCUT2D eigenvalue weighted by Crippen LogP contribution is 2.48. The van der Waals surface area contributed by atoms with Gasteiger partial charge in [-0.15, -0.1) is 0 Å². The molecule has 214 valence electrons. The molecule has 3 atom stereocenters. The van der Waals surface area contributed by atoms with Crippen molar-refractivity contribution in [3.05, 3.63) is 193 Å². The summed E-state index contributed by atoms with van der Waals surface area (Å²) in [7, 11) is 0. The first kappa shape index (κ1) is 27.5. The molecule has 44 heavy (non-hydrogen) atoms. The summed E-state index contributed by atoms with van der Waals surface area (Å²) in [6, 6.07) is 37.1. The molecular weight excluding hydrogens is 532 g/mol. The predicted molar refractivity (Wildman–Crippen MR) is 188 cm³/mol. The maximum atomic E-state index is 4.41. The summed E-state index contributed by atoms with van der Waals surface area (Å²) in [5.41, 5.74) is 10.7. The molecule has 4 aromatic rings. The maximum absolute atomic E-state index is 4.41. The molecule has 0 radical (unpaired) electrons. The second kappa shape index (κ2) is 12.5. The second-order valence-corrected chi connectivity index (χ2v) is 11.5. The Balaban J connectivity index is 1.26. The van der Waals surface area contributed by atoms with Gasteiger partial charge < -0.3 is 10.2 Å². The molecule has 0 aromatic heterocycles. The number of allylic oxidation sites excluding steroid dienone is 10. The number of hydrogen-bond donors (Lipinski definition) is 1. The van der Waals surface area contributed by atoms with E-state index in [9.17, 15) is 0 Å². The SMILES string of the molecule is C=C(/C=C\C(=C/Nc1ccccc1)c1ccc2c(c1)N(c1ccc(-c3ccccc3)cc1)C1C=CC=CC21)C1C=CC=CC1. The lowest BCUT2D eigenvalue weighted by Crippen LogP contribution is -2.28. The third-order valence-electron chi connectivity index (χ3n) is 8.74. The van der Waals surface area contributed by atoms with Crippen LogP contribution in [0.4, 0.5) is 17.1 Å². The Kier molecular flexibility index (Phi) is 7.80. The lowest BCUT2D eigenvalue weighted by Gasteiger charge is -2.29. The summed E-state index contributed by atoms with van der Waals surface area (Å²) in [5.74, 6) is 0.643. The molecule has 2 aliphatic carbocycles. The largest absolute Gasteiger partial charge is 0.361 e. The first-order valence-electron chi connectivity index (χ1n) is 15.4. The monoisotopic (exact) mass is 568 g/mol. The second-order valence-electron chi connectivity index (χ2n) is 11.5. The third-order valence-corrected chi connectivity index (χ3v) is 8.74. The molecule has 4 aromatic carbocycles. The molecule has 2 heteroatoms. The Bertz CT molecular complexity index is 1820. The van der Waals surface area contributed by atoms with Crippen molar-refractivity contribution in [3.8, 4) is 11.1 Å². The molecule has 1 heterocycles. The number of anilines is 3. The lowest BCUT2D eigenvalue weighted by atomic mass is 9.90. The highest BCUT2D eigenvalue weighted by atomic mass is 15.2. The van der Waals surface area contributed by atoms with Crippen molar-refractivity contribution in [2.75, 3.05) is 10.2 Å². The standard InChI is InChI=1S/C42H36N2/c1-31(32-13-5-2-6-14-32)21-22-36(30-43-37-17-9-4-10-18-37)35-25-28-40-39-19-11-12-20-41(39)44(42(40)29-35)38-26-23-34(24-27-38)33-15-7-3-8-16-33/h2-13,15-30,32,39,41,43H,1,14H2/b22-21-,36-30+. The predicted octanol–water partition coefficient (Wildman–Crippen LogP) is 10.8. The average Bonchev–Trinajstić information content (AvgIpc) is 3.43. The number of hydrogen-bond acceptors (Lipinski definition) is 2. The molecule has 0 amide bonds. The molecule has 0 bridgehead atoms. The number of nitrogens with one attached hydrogen (secondary N) is 1. The van der Waals surface area contributed by atoms with Crippen LogP contribution in [0.25, 0.3) is 16.7 Å². The fourth-order valence-electron chi connectivity index (χ4n) is 6.36. The first-order chi connectivity index (χ1) is 21.7. The van der Waals surface area contributed by atoms with Crippen LogP contribution in [-0.2, 0) is 0 Å². The zero-order valence-corrected chi connectivity index (χ0v) is 24.8. The van der Waals surface area contributed by atoms with Crippen LogP contribution in [0.1, 0.15) is 23.5 Å². The topological polar surface area (TPSA) is 15.3 Å². The number of rotatable bonds is 8. The summed E-state index contributed by atoms with van der Waals surface area (Å²) < 4.78 is 0. The maximum Gasteiger partial charge on any atom is 0.0629 e. The van der Waals surface area contributed by atoms with E-state index in [-0.39, 0.29) is 6.04 Å². The van der Waals surface area contributed by atoms with Gasteiger partial charge in [-0.3, -0.25) is 0 Å². The van der Waals surface area contributed by atoms with Crippen molar-refractivity contribution in [1.29, 1.82) is 0 Å². The average molecular weight is 569 g/mol. The highest BCUT2D eigenvalue weighted by Gasteiger charge is 2.37. The molecule has 7 rings (SSSR count). The van der Waals surface area contributed by atoms with Gasteiger partial charge in [0, 0.05) is 35.1 Å². The van der Waals surface area contributed by atoms with Gasteiger partial charge in [-0.2, -0.15) is 0 Å². The Morgan fingerprint density at radius 2 is 1.45 bits per heavy atom. The van der Waals surface area contributed by atoms with Gasteiger partial charge in [-0.1, -0.05) is 140 Å². The van der Waals surface area contributed by atoms with Crippen molar-refractivity contribution >= 4 is 22.6 Å². The van der Waals surface area contributed by atoms with Gasteiger partial charge in [0.15, 0.2) is 0 Å². The van der Waals surface area contributed by atoms with Crippen molar-refractivity contribution in [2.45, 2.75) is 18.4 Å². The van der Waals surface area contributed by atoms with Crippen LogP contribution in [-0.4, -0.2) is 6.04 Å². The van der Waals surface area contributed by atoms with E-state index in [1.54, 1.807) is 0 Å². The van der Waals surface area contributed by atoms with Crippen LogP contribution < -0.4 is 10.2 Å². The molecule has 3 unspecified atom stereocenters. The molecule has 0 fully saturated rings. The van der Waals surface area contributed by atoms with Crippen LogP contribution in [0, 0.1) is 5.92 Å². The van der Waals surface area contributed by atoms with E-state index in [0.29, 0.717) is 11.8 Å². The molecule has 0 saturated heterocycles. The molecule has 0 spiro atoms. The summed E-state index contributed by atoms with van der Waals surface area (Å²) in [4.78, 5) is 2.50. The summed E-state index contributed by atoms with van der Waals surface area (Å²) in [6.07, 6.45) is 25.2. The highest BCUT2D eigenvalue weighted by molar-refractivity contribution is 5.83. The van der Waals surface area contributed by atoms with Gasteiger partial charge in [-0.05, 0) is 70.2 Å². The minimum absolute atomic E-state index is 0.240. The van der Waals surface area contributed by atoms with Crippen LogP contribution in [0.15, 0.2) is 182 Å². The molecule has 3 aliphatic rings. The Morgan fingerprint density at radius 3 is 2.23 bits per heavy atom. The summed E-state index contributed by atoms with van der Waals surface area (Å²) >= 11 is 0. The molecule has 1 aliphatic heterocycles. The fourth-order valence-corrected chi connectivity index (χ4v) is 6.36. The van der Waals surface area contributed by atoms with E-state index in [1.807, 2.05) is 6.07 Å². The van der Waals surface area contributed by atoms with E-state index in [1.165, 1.54) is 28.1 Å². The van der Waals surface area contributed by atoms with Gasteiger partial charge >= 0.3 is 0 Å². The van der Waals surface area contributed by atoms with Gasteiger partial charge in [0.25, 0.3) is 0 Å². The Hall–Kier alpha value is -5.34. The molecule has 1 N–H and O–H groups in total. The quantitative estimate of drug-likeness (QED) is 0.213. The van der Waals surface area contributed by atoms with E-state index in [0.717, 1.165) is 28.8 Å². The fraction of sp³-hybridized carbons (Fsp3) is 0.0952. The van der Waals surface area contributed by atoms with Crippen LogP contribution in [0.2, 0.25) is 0 Å². The molecular formula is C42H36N2. The van der Waals surface area contributed by atoms with Crippen LogP contribution in [0.5, 0.6) is 0 Å². The van der Waals surface area contributed by atoms with Crippen molar-refractivity contribution in [1.82, 2.24) is 0 Å². The van der Waals surface area contributed by atoms with Crippen LogP contribution in [0.3, 0.4) is 0 Å². The first-order valence-corrected chi connectivity index (χ1v) is 15.4. The molecule has 0 saturated carbocycles. The van der Waals surface area contributed by atoms with Crippen LogP contribution >= 0.6 is 0 Å². The number of benzene rings is 4. The minimum Gasteiger partial charge on any atom is -0.361 e.